The third kappa shape index (κ3) is 7.81. The number of nitrogens with zero attached hydrogens (tertiary/aromatic N) is 3. The number of pyridine rings is 1. The van der Waals surface area contributed by atoms with Crippen molar-refractivity contribution in [3.63, 3.8) is 0 Å². The standard InChI is InChI=1S/C25H24ClN5O5/c26-21-13-20(36-24(35)17-4-8-18(9-5-17)30-25(27)28)10-6-16(21)7-11-22(32)31(15-23(33)34)14-19-3-1-2-12-29-19/h1-6,8-10,12-13H,7,11,14-15H2,(H,33,34)(H4,27,28,30). The van der Waals surface area contributed by atoms with Gasteiger partial charge in [-0.25, -0.2) is 9.79 Å². The highest BCUT2D eigenvalue weighted by Gasteiger charge is 2.18. The summed E-state index contributed by atoms with van der Waals surface area (Å²) in [5.41, 5.74) is 12.7. The van der Waals surface area contributed by atoms with Gasteiger partial charge in [-0.3, -0.25) is 14.6 Å². The van der Waals surface area contributed by atoms with E-state index in [9.17, 15) is 19.5 Å². The topological polar surface area (TPSA) is 161 Å². The first-order valence-electron chi connectivity index (χ1n) is 10.8. The Morgan fingerprint density at radius 2 is 1.81 bits per heavy atom. The summed E-state index contributed by atoms with van der Waals surface area (Å²) in [6.45, 7) is -0.355. The summed E-state index contributed by atoms with van der Waals surface area (Å²) >= 11 is 6.35. The Balaban J connectivity index is 1.60. The zero-order valence-electron chi connectivity index (χ0n) is 19.1. The van der Waals surface area contributed by atoms with E-state index in [1.807, 2.05) is 0 Å². The molecular formula is C25H24ClN5O5. The van der Waals surface area contributed by atoms with Crippen molar-refractivity contribution in [1.82, 2.24) is 9.88 Å². The molecule has 10 nitrogen and oxygen atoms in total. The molecule has 0 fully saturated rings. The number of aliphatic carboxylic acids is 1. The quantitative estimate of drug-likeness (QED) is 0.163. The van der Waals surface area contributed by atoms with E-state index in [1.54, 1.807) is 48.7 Å². The molecule has 2 aromatic carbocycles. The van der Waals surface area contributed by atoms with Crippen LogP contribution in [0.2, 0.25) is 5.02 Å². The predicted molar refractivity (Wildman–Crippen MR) is 134 cm³/mol. The van der Waals surface area contributed by atoms with E-state index < -0.39 is 18.5 Å². The van der Waals surface area contributed by atoms with Crippen LogP contribution in [-0.4, -0.2) is 45.3 Å². The van der Waals surface area contributed by atoms with Crippen molar-refractivity contribution in [1.29, 1.82) is 0 Å². The predicted octanol–water partition coefficient (Wildman–Crippen LogP) is 2.91. The highest BCUT2D eigenvalue weighted by molar-refractivity contribution is 6.31. The second-order valence-corrected chi connectivity index (χ2v) is 8.10. The maximum absolute atomic E-state index is 12.7. The summed E-state index contributed by atoms with van der Waals surface area (Å²) in [7, 11) is 0. The summed E-state index contributed by atoms with van der Waals surface area (Å²) < 4.78 is 5.38. The molecule has 0 spiro atoms. The number of aliphatic imine (C=N–C) groups is 1. The van der Waals surface area contributed by atoms with Crippen molar-refractivity contribution in [2.24, 2.45) is 16.5 Å². The molecule has 36 heavy (non-hydrogen) atoms. The first-order chi connectivity index (χ1) is 17.2. The molecule has 3 rings (SSSR count). The fourth-order valence-electron chi connectivity index (χ4n) is 3.26. The molecule has 0 saturated carbocycles. The molecule has 0 aliphatic carbocycles. The van der Waals surface area contributed by atoms with Gasteiger partial charge in [-0.2, -0.15) is 0 Å². The zero-order chi connectivity index (χ0) is 26.1. The lowest BCUT2D eigenvalue weighted by molar-refractivity contribution is -0.144. The van der Waals surface area contributed by atoms with Crippen molar-refractivity contribution < 1.29 is 24.2 Å². The molecule has 186 valence electrons. The van der Waals surface area contributed by atoms with Gasteiger partial charge in [0.2, 0.25) is 5.91 Å². The molecule has 0 saturated heterocycles. The molecule has 0 unspecified atom stereocenters. The molecule has 5 N–H and O–H groups in total. The van der Waals surface area contributed by atoms with E-state index in [0.29, 0.717) is 27.5 Å². The minimum absolute atomic E-state index is 0.0428. The molecule has 1 amide bonds. The van der Waals surface area contributed by atoms with Crippen molar-refractivity contribution in [2.75, 3.05) is 6.54 Å². The number of ether oxygens (including phenoxy) is 1. The Morgan fingerprint density at radius 3 is 2.42 bits per heavy atom. The second-order valence-electron chi connectivity index (χ2n) is 7.69. The zero-order valence-corrected chi connectivity index (χ0v) is 19.9. The van der Waals surface area contributed by atoms with Crippen LogP contribution in [0.1, 0.15) is 28.0 Å². The number of carbonyl (C=O) groups excluding carboxylic acids is 2. The largest absolute Gasteiger partial charge is 0.480 e. The van der Waals surface area contributed by atoms with E-state index in [-0.39, 0.29) is 37.0 Å². The van der Waals surface area contributed by atoms with Crippen LogP contribution in [-0.2, 0) is 22.6 Å². The second kappa shape index (κ2) is 12.3. The number of aryl methyl sites for hydroxylation is 1. The Bertz CT molecular complexity index is 1260. The van der Waals surface area contributed by atoms with Crippen molar-refractivity contribution in [3.05, 3.63) is 88.7 Å². The number of nitrogens with two attached hydrogens (primary N) is 2. The first kappa shape index (κ1) is 26.2. The summed E-state index contributed by atoms with van der Waals surface area (Å²) in [6.07, 6.45) is 1.90. The van der Waals surface area contributed by atoms with E-state index in [0.717, 1.165) is 0 Å². The average molecular weight is 510 g/mol. The summed E-state index contributed by atoms with van der Waals surface area (Å²) in [5, 5.41) is 9.49. The molecule has 0 bridgehead atoms. The van der Waals surface area contributed by atoms with Gasteiger partial charge >= 0.3 is 11.9 Å². The molecule has 1 heterocycles. The van der Waals surface area contributed by atoms with Gasteiger partial charge in [0.15, 0.2) is 5.96 Å². The highest BCUT2D eigenvalue weighted by Crippen LogP contribution is 2.25. The van der Waals surface area contributed by atoms with Gasteiger partial charge in [0.05, 0.1) is 23.5 Å². The maximum atomic E-state index is 12.7. The van der Waals surface area contributed by atoms with Crippen LogP contribution in [0.5, 0.6) is 5.75 Å². The first-order valence-corrected chi connectivity index (χ1v) is 11.2. The van der Waals surface area contributed by atoms with E-state index >= 15 is 0 Å². The van der Waals surface area contributed by atoms with Crippen LogP contribution in [0, 0.1) is 0 Å². The van der Waals surface area contributed by atoms with Crippen LogP contribution >= 0.6 is 11.6 Å². The molecule has 11 heteroatoms. The molecule has 3 aromatic rings. The van der Waals surface area contributed by atoms with Gasteiger partial charge in [-0.15, -0.1) is 0 Å². The summed E-state index contributed by atoms with van der Waals surface area (Å²) in [6, 6.07) is 16.1. The maximum Gasteiger partial charge on any atom is 0.343 e. The summed E-state index contributed by atoms with van der Waals surface area (Å²) in [5.74, 6) is -1.92. The minimum Gasteiger partial charge on any atom is -0.480 e. The van der Waals surface area contributed by atoms with Crippen LogP contribution in [0.25, 0.3) is 0 Å². The molecule has 1 aromatic heterocycles. The smallest absolute Gasteiger partial charge is 0.343 e. The number of guanidine groups is 1. The van der Waals surface area contributed by atoms with E-state index in [4.69, 9.17) is 27.8 Å². The monoisotopic (exact) mass is 509 g/mol. The van der Waals surface area contributed by atoms with Gasteiger partial charge < -0.3 is 26.2 Å². The highest BCUT2D eigenvalue weighted by atomic mass is 35.5. The molecular weight excluding hydrogens is 486 g/mol. The number of carboxylic acid groups (broad SMARTS) is 1. The third-order valence-corrected chi connectivity index (χ3v) is 5.31. The van der Waals surface area contributed by atoms with Crippen LogP contribution in [0.4, 0.5) is 5.69 Å². The van der Waals surface area contributed by atoms with Gasteiger partial charge in [0.25, 0.3) is 0 Å². The van der Waals surface area contributed by atoms with Gasteiger partial charge in [-0.1, -0.05) is 23.7 Å². The lowest BCUT2D eigenvalue weighted by Crippen LogP contribution is -2.35. The van der Waals surface area contributed by atoms with E-state index in [1.165, 1.54) is 23.1 Å². The summed E-state index contributed by atoms with van der Waals surface area (Å²) in [4.78, 5) is 45.6. The van der Waals surface area contributed by atoms with Crippen molar-refractivity contribution in [2.45, 2.75) is 19.4 Å². The Labute approximate surface area is 212 Å². The Kier molecular flexibility index (Phi) is 8.95. The van der Waals surface area contributed by atoms with Crippen LogP contribution in [0.3, 0.4) is 0 Å². The number of halogens is 1. The lowest BCUT2D eigenvalue weighted by Gasteiger charge is -2.20. The van der Waals surface area contributed by atoms with Crippen LogP contribution in [0.15, 0.2) is 71.9 Å². The number of amides is 1. The van der Waals surface area contributed by atoms with Crippen LogP contribution < -0.4 is 16.2 Å². The lowest BCUT2D eigenvalue weighted by atomic mass is 10.1. The molecule has 0 atom stereocenters. The number of carbonyl (C=O) groups is 3. The molecule has 0 radical (unpaired) electrons. The fraction of sp³-hybridized carbons (Fsp3) is 0.160. The van der Waals surface area contributed by atoms with Gasteiger partial charge in [0.1, 0.15) is 12.3 Å². The number of hydrogen-bond acceptors (Lipinski definition) is 6. The van der Waals surface area contributed by atoms with Crippen molar-refractivity contribution in [3.8, 4) is 5.75 Å². The Morgan fingerprint density at radius 1 is 1.06 bits per heavy atom. The van der Waals surface area contributed by atoms with Gasteiger partial charge in [-0.05, 0) is 60.5 Å². The fourth-order valence-corrected chi connectivity index (χ4v) is 3.53. The number of benzene rings is 2. The molecule has 0 aliphatic rings. The van der Waals surface area contributed by atoms with Gasteiger partial charge in [0, 0.05) is 17.6 Å². The number of carboxylic acids is 1. The molecule has 0 aliphatic heterocycles. The number of aromatic nitrogens is 1. The minimum atomic E-state index is -1.12. The Hall–Kier alpha value is -4.44. The number of rotatable bonds is 10. The van der Waals surface area contributed by atoms with Crippen molar-refractivity contribution >= 4 is 41.1 Å². The van der Waals surface area contributed by atoms with E-state index in [2.05, 4.69) is 9.98 Å². The number of esters is 1. The normalized spacial score (nSPS) is 10.4. The average Bonchev–Trinajstić information content (AvgIpc) is 2.83. The number of hydrogen-bond donors (Lipinski definition) is 3. The SMILES string of the molecule is NC(N)=Nc1ccc(C(=O)Oc2ccc(CCC(=O)N(CC(=O)O)Cc3ccccn3)c(Cl)c2)cc1. The third-order valence-electron chi connectivity index (χ3n) is 4.96.